The molecule has 2 saturated heterocycles. The quantitative estimate of drug-likeness (QED) is 0.749. The molecule has 0 saturated carbocycles. The molecule has 1 aromatic rings. The Morgan fingerprint density at radius 2 is 1.56 bits per heavy atom. The van der Waals surface area contributed by atoms with Crippen molar-refractivity contribution < 1.29 is 13.2 Å². The van der Waals surface area contributed by atoms with Crippen molar-refractivity contribution in [2.24, 2.45) is 0 Å². The molecule has 0 aromatic heterocycles. The van der Waals surface area contributed by atoms with Gasteiger partial charge in [0.25, 0.3) is 10.2 Å². The smallest absolute Gasteiger partial charge is 0.282 e. The first kappa shape index (κ1) is 18.1. The van der Waals surface area contributed by atoms with Crippen LogP contribution in [0.4, 0.5) is 0 Å². The molecule has 2 aliphatic heterocycles. The van der Waals surface area contributed by atoms with Crippen molar-refractivity contribution in [3.8, 4) is 11.8 Å². The van der Waals surface area contributed by atoms with E-state index in [-0.39, 0.29) is 0 Å². The van der Waals surface area contributed by atoms with Gasteiger partial charge in [-0.25, -0.2) is 0 Å². The van der Waals surface area contributed by atoms with Gasteiger partial charge >= 0.3 is 0 Å². The number of hydrogen-bond donors (Lipinski definition) is 0. The summed E-state index contributed by atoms with van der Waals surface area (Å²) >= 11 is 0. The fourth-order valence-corrected chi connectivity index (χ4v) is 4.86. The lowest BCUT2D eigenvalue weighted by Gasteiger charge is -2.35. The number of hydrogen-bond acceptors (Lipinski definition) is 5. The maximum Gasteiger partial charge on any atom is 0.282 e. The summed E-state index contributed by atoms with van der Waals surface area (Å²) in [4.78, 5) is 2.22. The van der Waals surface area contributed by atoms with Crippen LogP contribution in [-0.2, 0) is 10.2 Å². The summed E-state index contributed by atoms with van der Waals surface area (Å²) in [5, 5.41) is 8.78. The molecule has 8 heteroatoms. The molecule has 2 aliphatic rings. The first-order chi connectivity index (χ1) is 12.1. The third kappa shape index (κ3) is 4.50. The van der Waals surface area contributed by atoms with Gasteiger partial charge in [0.15, 0.2) is 0 Å². The SMILES string of the molecule is N#Cc1ccc(OCCN2CCN(S(=O)(=O)N3CCCC3)CC2)cc1. The van der Waals surface area contributed by atoms with E-state index >= 15 is 0 Å². The van der Waals surface area contributed by atoms with Gasteiger partial charge in [0.05, 0.1) is 11.6 Å². The fourth-order valence-electron chi connectivity index (χ4n) is 3.18. The van der Waals surface area contributed by atoms with Gasteiger partial charge < -0.3 is 4.74 Å². The Balaban J connectivity index is 1.41. The van der Waals surface area contributed by atoms with Gasteiger partial charge in [-0.2, -0.15) is 22.3 Å². The van der Waals surface area contributed by atoms with Gasteiger partial charge in [-0.3, -0.25) is 4.90 Å². The molecule has 0 aliphatic carbocycles. The van der Waals surface area contributed by atoms with Crippen molar-refractivity contribution >= 4 is 10.2 Å². The Morgan fingerprint density at radius 1 is 0.960 bits per heavy atom. The van der Waals surface area contributed by atoms with E-state index in [4.69, 9.17) is 10.00 Å². The standard InChI is InChI=1S/C17H24N4O3S/c18-15-16-3-5-17(6-4-16)24-14-13-19-9-11-21(12-10-19)25(22,23)20-7-1-2-8-20/h3-6H,1-2,7-14H2. The first-order valence-electron chi connectivity index (χ1n) is 8.70. The molecule has 136 valence electrons. The van der Waals surface area contributed by atoms with Crippen LogP contribution in [0.3, 0.4) is 0 Å². The number of ether oxygens (including phenoxy) is 1. The van der Waals surface area contributed by atoms with Crippen molar-refractivity contribution in [1.29, 1.82) is 5.26 Å². The molecule has 7 nitrogen and oxygen atoms in total. The molecule has 0 bridgehead atoms. The van der Waals surface area contributed by atoms with Crippen LogP contribution >= 0.6 is 0 Å². The number of piperazine rings is 1. The normalized spacial score (nSPS) is 20.4. The van der Waals surface area contributed by atoms with E-state index in [0.717, 1.165) is 38.2 Å². The van der Waals surface area contributed by atoms with Crippen LogP contribution in [0, 0.1) is 11.3 Å². The number of benzene rings is 1. The fraction of sp³-hybridized carbons (Fsp3) is 0.588. The molecule has 3 rings (SSSR count). The summed E-state index contributed by atoms with van der Waals surface area (Å²) in [7, 11) is -3.27. The average molecular weight is 364 g/mol. The molecular formula is C17H24N4O3S. The topological polar surface area (TPSA) is 76.9 Å². The van der Waals surface area contributed by atoms with Crippen LogP contribution in [0.5, 0.6) is 5.75 Å². The van der Waals surface area contributed by atoms with Crippen LogP contribution in [0.2, 0.25) is 0 Å². The van der Waals surface area contributed by atoms with E-state index < -0.39 is 10.2 Å². The van der Waals surface area contributed by atoms with E-state index in [0.29, 0.717) is 38.3 Å². The second-order valence-corrected chi connectivity index (χ2v) is 8.27. The second kappa shape index (κ2) is 8.15. The zero-order chi connectivity index (χ0) is 17.7. The monoisotopic (exact) mass is 364 g/mol. The summed E-state index contributed by atoms with van der Waals surface area (Å²) in [5.74, 6) is 0.745. The lowest BCUT2D eigenvalue weighted by Crippen LogP contribution is -2.53. The number of nitriles is 1. The molecule has 2 fully saturated rings. The minimum atomic E-state index is -3.27. The maximum atomic E-state index is 12.5. The molecule has 0 unspecified atom stereocenters. The summed E-state index contributed by atoms with van der Waals surface area (Å²) in [6, 6.07) is 9.13. The molecule has 0 spiro atoms. The predicted octanol–water partition coefficient (Wildman–Crippen LogP) is 0.895. The Morgan fingerprint density at radius 3 is 2.16 bits per heavy atom. The van der Waals surface area contributed by atoms with E-state index in [9.17, 15) is 8.42 Å². The minimum absolute atomic E-state index is 0.537. The zero-order valence-electron chi connectivity index (χ0n) is 14.3. The Kier molecular flexibility index (Phi) is 5.91. The molecule has 1 aromatic carbocycles. The second-order valence-electron chi connectivity index (χ2n) is 6.34. The minimum Gasteiger partial charge on any atom is -0.492 e. The van der Waals surface area contributed by atoms with E-state index in [1.165, 1.54) is 0 Å². The third-order valence-electron chi connectivity index (χ3n) is 4.71. The van der Waals surface area contributed by atoms with Crippen molar-refractivity contribution in [2.45, 2.75) is 12.8 Å². The predicted molar refractivity (Wildman–Crippen MR) is 94.4 cm³/mol. The van der Waals surface area contributed by atoms with E-state index in [1.807, 2.05) is 0 Å². The van der Waals surface area contributed by atoms with E-state index in [1.54, 1.807) is 32.9 Å². The lowest BCUT2D eigenvalue weighted by atomic mass is 10.2. The molecular weight excluding hydrogens is 340 g/mol. The van der Waals surface area contributed by atoms with Gasteiger partial charge in [0, 0.05) is 45.8 Å². The number of nitrogens with zero attached hydrogens (tertiary/aromatic N) is 4. The maximum absolute atomic E-state index is 12.5. The summed E-state index contributed by atoms with van der Waals surface area (Å²) < 4.78 is 34.0. The Labute approximate surface area is 149 Å². The Hall–Kier alpha value is -1.66. The zero-order valence-corrected chi connectivity index (χ0v) is 15.1. The van der Waals surface area contributed by atoms with Crippen LogP contribution in [0.15, 0.2) is 24.3 Å². The first-order valence-corrected chi connectivity index (χ1v) is 10.1. The van der Waals surface area contributed by atoms with Gasteiger partial charge in [-0.1, -0.05) is 0 Å². The van der Waals surface area contributed by atoms with Crippen molar-refractivity contribution in [1.82, 2.24) is 13.5 Å². The molecule has 0 atom stereocenters. The van der Waals surface area contributed by atoms with Crippen LogP contribution in [0.25, 0.3) is 0 Å². The van der Waals surface area contributed by atoms with Gasteiger partial charge in [-0.15, -0.1) is 0 Å². The van der Waals surface area contributed by atoms with Gasteiger partial charge in [0.2, 0.25) is 0 Å². The molecule has 0 N–H and O–H groups in total. The number of rotatable bonds is 6. The highest BCUT2D eigenvalue weighted by atomic mass is 32.2. The van der Waals surface area contributed by atoms with Crippen LogP contribution in [0.1, 0.15) is 18.4 Å². The van der Waals surface area contributed by atoms with Crippen LogP contribution in [-0.4, -0.2) is 74.3 Å². The third-order valence-corrected chi connectivity index (χ3v) is 6.74. The molecule has 0 amide bonds. The summed E-state index contributed by atoms with van der Waals surface area (Å²) in [5.41, 5.74) is 0.614. The highest BCUT2D eigenvalue weighted by Gasteiger charge is 2.33. The van der Waals surface area contributed by atoms with E-state index in [2.05, 4.69) is 11.0 Å². The summed E-state index contributed by atoms with van der Waals surface area (Å²) in [6.07, 6.45) is 1.93. The van der Waals surface area contributed by atoms with Gasteiger partial charge in [0.1, 0.15) is 12.4 Å². The van der Waals surface area contributed by atoms with Gasteiger partial charge in [-0.05, 0) is 37.1 Å². The lowest BCUT2D eigenvalue weighted by molar-refractivity contribution is 0.155. The Bertz CT molecular complexity index is 700. The average Bonchev–Trinajstić information content (AvgIpc) is 3.18. The highest BCUT2D eigenvalue weighted by Crippen LogP contribution is 2.18. The van der Waals surface area contributed by atoms with Crippen molar-refractivity contribution in [3.05, 3.63) is 29.8 Å². The largest absolute Gasteiger partial charge is 0.492 e. The highest BCUT2D eigenvalue weighted by molar-refractivity contribution is 7.86. The summed E-state index contributed by atoms with van der Waals surface area (Å²) in [6.45, 7) is 5.14. The molecule has 0 radical (unpaired) electrons. The molecule has 2 heterocycles. The van der Waals surface area contributed by atoms with Crippen molar-refractivity contribution in [2.75, 3.05) is 52.4 Å². The molecule has 25 heavy (non-hydrogen) atoms. The van der Waals surface area contributed by atoms with Crippen LogP contribution < -0.4 is 4.74 Å². The van der Waals surface area contributed by atoms with Crippen molar-refractivity contribution in [3.63, 3.8) is 0 Å².